The molecule has 1 atom stereocenters. The molecule has 0 spiro atoms. The van der Waals surface area contributed by atoms with E-state index < -0.39 is 0 Å². The van der Waals surface area contributed by atoms with E-state index >= 15 is 0 Å². The first-order valence-corrected chi connectivity index (χ1v) is 9.15. The van der Waals surface area contributed by atoms with Crippen LogP contribution in [0.2, 0.25) is 20.2 Å². The van der Waals surface area contributed by atoms with Crippen LogP contribution in [0.4, 0.5) is 0 Å². The molecule has 24 heavy (non-hydrogen) atoms. The van der Waals surface area contributed by atoms with Crippen LogP contribution in [0.15, 0.2) is 36.9 Å². The van der Waals surface area contributed by atoms with Crippen molar-refractivity contribution < 1.29 is 4.74 Å². The van der Waals surface area contributed by atoms with Crippen molar-refractivity contribution in [1.29, 1.82) is 0 Å². The number of rotatable bonds is 6. The Morgan fingerprint density at radius 1 is 1.21 bits per heavy atom. The normalized spacial score (nSPS) is 12.5. The zero-order valence-corrected chi connectivity index (χ0v) is 16.0. The average Bonchev–Trinajstić information content (AvgIpc) is 3.16. The summed E-state index contributed by atoms with van der Waals surface area (Å²) in [5.74, 6) is 0. The quantitative estimate of drug-likeness (QED) is 0.495. The highest BCUT2D eigenvalue weighted by atomic mass is 35.5. The van der Waals surface area contributed by atoms with E-state index in [0.717, 1.165) is 10.4 Å². The smallest absolute Gasteiger partial charge is 0.161 e. The summed E-state index contributed by atoms with van der Waals surface area (Å²) in [6.07, 6.45) is 4.93. The second kappa shape index (κ2) is 8.04. The van der Waals surface area contributed by atoms with Crippen LogP contribution in [0.3, 0.4) is 0 Å². The number of aromatic nitrogens is 3. The molecule has 2 heterocycles. The molecule has 0 fully saturated rings. The third-order valence-electron chi connectivity index (χ3n) is 3.30. The molecule has 0 N–H and O–H groups in total. The predicted molar refractivity (Wildman–Crippen MR) is 98.4 cm³/mol. The van der Waals surface area contributed by atoms with Crippen molar-refractivity contribution in [3.63, 3.8) is 0 Å². The van der Waals surface area contributed by atoms with Gasteiger partial charge in [0.25, 0.3) is 0 Å². The van der Waals surface area contributed by atoms with E-state index in [1.54, 1.807) is 24.7 Å². The molecular weight excluding hydrogens is 412 g/mol. The summed E-state index contributed by atoms with van der Waals surface area (Å²) in [6, 6.07) is 5.29. The predicted octanol–water partition coefficient (Wildman–Crippen LogP) is 5.91. The number of hydrogen-bond donors (Lipinski definition) is 0. The number of hydrogen-bond acceptors (Lipinski definition) is 4. The largest absolute Gasteiger partial charge is 0.366 e. The monoisotopic (exact) mass is 421 g/mol. The van der Waals surface area contributed by atoms with Gasteiger partial charge in [-0.15, -0.1) is 0 Å². The second-order valence-electron chi connectivity index (χ2n) is 4.95. The van der Waals surface area contributed by atoms with Gasteiger partial charge in [0.05, 0.1) is 29.4 Å². The van der Waals surface area contributed by atoms with Crippen LogP contribution >= 0.6 is 57.9 Å². The van der Waals surface area contributed by atoms with Crippen LogP contribution in [0.5, 0.6) is 0 Å². The minimum Gasteiger partial charge on any atom is -0.366 e. The maximum absolute atomic E-state index is 6.25. The molecule has 0 aliphatic rings. The van der Waals surface area contributed by atoms with E-state index in [-0.39, 0.29) is 11.3 Å². The molecular formula is C15H11Cl4N3OS. The van der Waals surface area contributed by atoms with E-state index in [1.165, 1.54) is 11.5 Å². The first-order chi connectivity index (χ1) is 11.5. The van der Waals surface area contributed by atoms with E-state index in [1.807, 2.05) is 16.8 Å². The van der Waals surface area contributed by atoms with Crippen LogP contribution in [0.1, 0.15) is 16.5 Å². The molecule has 126 valence electrons. The SMILES string of the molecule is Clc1ccc(CO[C@H](Cn2ccnc2)c2snc(Cl)c2Cl)c(Cl)c1. The van der Waals surface area contributed by atoms with Gasteiger partial charge in [0.15, 0.2) is 5.15 Å². The van der Waals surface area contributed by atoms with Crippen molar-refractivity contribution in [2.24, 2.45) is 0 Å². The lowest BCUT2D eigenvalue weighted by Crippen LogP contribution is -2.11. The van der Waals surface area contributed by atoms with E-state index in [9.17, 15) is 0 Å². The summed E-state index contributed by atoms with van der Waals surface area (Å²) in [4.78, 5) is 4.80. The Balaban J connectivity index is 1.80. The Bertz CT molecular complexity index is 822. The summed E-state index contributed by atoms with van der Waals surface area (Å²) in [5.41, 5.74) is 0.837. The highest BCUT2D eigenvalue weighted by molar-refractivity contribution is 7.07. The third kappa shape index (κ3) is 4.23. The standard InChI is InChI=1S/C15H11Cl4N3OS/c16-10-2-1-9(11(17)5-10)7-23-12(6-22-4-3-20-8-22)14-13(18)15(19)21-24-14/h1-5,8,12H,6-7H2/t12-/m1/s1. The molecule has 0 saturated carbocycles. The highest BCUT2D eigenvalue weighted by Gasteiger charge is 2.22. The van der Waals surface area contributed by atoms with Crippen molar-refractivity contribution >= 4 is 57.9 Å². The highest BCUT2D eigenvalue weighted by Crippen LogP contribution is 2.36. The number of imidazole rings is 1. The molecule has 0 radical (unpaired) electrons. The van der Waals surface area contributed by atoms with E-state index in [4.69, 9.17) is 51.1 Å². The molecule has 0 unspecified atom stereocenters. The topological polar surface area (TPSA) is 39.9 Å². The minimum absolute atomic E-state index is 0.278. The van der Waals surface area contributed by atoms with Gasteiger partial charge >= 0.3 is 0 Å². The van der Waals surface area contributed by atoms with Gasteiger partial charge in [0.2, 0.25) is 0 Å². The lowest BCUT2D eigenvalue weighted by molar-refractivity contribution is 0.0304. The second-order valence-corrected chi connectivity index (χ2v) is 7.33. The molecule has 0 aliphatic heterocycles. The van der Waals surface area contributed by atoms with Crippen molar-refractivity contribution in [1.82, 2.24) is 13.9 Å². The van der Waals surface area contributed by atoms with E-state index in [0.29, 0.717) is 28.2 Å². The lowest BCUT2D eigenvalue weighted by Gasteiger charge is -2.18. The summed E-state index contributed by atoms with van der Waals surface area (Å²) in [7, 11) is 0. The summed E-state index contributed by atoms with van der Waals surface area (Å²) in [6.45, 7) is 0.838. The minimum atomic E-state index is -0.330. The van der Waals surface area contributed by atoms with Crippen molar-refractivity contribution in [2.75, 3.05) is 0 Å². The van der Waals surface area contributed by atoms with Crippen LogP contribution in [0.25, 0.3) is 0 Å². The molecule has 0 amide bonds. The van der Waals surface area contributed by atoms with Gasteiger partial charge in [-0.25, -0.2) is 4.98 Å². The number of ether oxygens (including phenoxy) is 1. The maximum Gasteiger partial charge on any atom is 0.161 e. The van der Waals surface area contributed by atoms with Gasteiger partial charge in [-0.1, -0.05) is 52.5 Å². The molecule has 0 aliphatic carbocycles. The van der Waals surface area contributed by atoms with Crippen LogP contribution < -0.4 is 0 Å². The molecule has 0 bridgehead atoms. The van der Waals surface area contributed by atoms with Crippen molar-refractivity contribution in [3.05, 3.63) is 67.6 Å². The molecule has 2 aromatic heterocycles. The lowest BCUT2D eigenvalue weighted by atomic mass is 10.2. The van der Waals surface area contributed by atoms with Crippen LogP contribution in [0, 0.1) is 0 Å². The summed E-state index contributed by atoms with van der Waals surface area (Å²) < 4.78 is 12.0. The maximum atomic E-state index is 6.25. The fourth-order valence-electron chi connectivity index (χ4n) is 2.10. The molecule has 3 rings (SSSR count). The molecule has 0 saturated heterocycles. The van der Waals surface area contributed by atoms with Gasteiger partial charge < -0.3 is 9.30 Å². The average molecular weight is 423 g/mol. The Kier molecular flexibility index (Phi) is 6.02. The zero-order chi connectivity index (χ0) is 17.1. The zero-order valence-electron chi connectivity index (χ0n) is 12.1. The Hall–Kier alpha value is -0.820. The van der Waals surface area contributed by atoms with Gasteiger partial charge in [0.1, 0.15) is 6.10 Å². The fraction of sp³-hybridized carbons (Fsp3) is 0.200. The fourth-order valence-corrected chi connectivity index (χ4v) is 3.85. The first kappa shape index (κ1) is 18.0. The number of halogens is 4. The molecule has 9 heteroatoms. The van der Waals surface area contributed by atoms with Crippen LogP contribution in [-0.2, 0) is 17.9 Å². The molecule has 4 nitrogen and oxygen atoms in total. The van der Waals surface area contributed by atoms with Gasteiger partial charge in [-0.05, 0) is 29.2 Å². The van der Waals surface area contributed by atoms with Crippen LogP contribution in [-0.4, -0.2) is 13.9 Å². The first-order valence-electron chi connectivity index (χ1n) is 6.86. The molecule has 1 aromatic carbocycles. The Labute approximate surface area is 163 Å². The third-order valence-corrected chi connectivity index (χ3v) is 5.79. The van der Waals surface area contributed by atoms with Gasteiger partial charge in [-0.3, -0.25) is 0 Å². The molecule has 3 aromatic rings. The summed E-state index contributed by atoms with van der Waals surface area (Å²) >= 11 is 25.6. The number of benzene rings is 1. The van der Waals surface area contributed by atoms with Crippen molar-refractivity contribution in [3.8, 4) is 0 Å². The van der Waals surface area contributed by atoms with Crippen molar-refractivity contribution in [2.45, 2.75) is 19.3 Å². The summed E-state index contributed by atoms with van der Waals surface area (Å²) in [5, 5.41) is 1.82. The van der Waals surface area contributed by atoms with Gasteiger partial charge in [0, 0.05) is 22.4 Å². The van der Waals surface area contributed by atoms with E-state index in [2.05, 4.69) is 9.36 Å². The Morgan fingerprint density at radius 3 is 2.67 bits per heavy atom. The number of nitrogens with zero attached hydrogens (tertiary/aromatic N) is 3. The Morgan fingerprint density at radius 2 is 2.04 bits per heavy atom. The van der Waals surface area contributed by atoms with Gasteiger partial charge in [-0.2, -0.15) is 4.37 Å².